The van der Waals surface area contributed by atoms with Crippen LogP contribution in [0.4, 0.5) is 0 Å². The van der Waals surface area contributed by atoms with Crippen molar-refractivity contribution in [2.45, 2.75) is 6.54 Å². The molecule has 0 saturated carbocycles. The fraction of sp³-hybridized carbons (Fsp3) is 0.286. The highest BCUT2D eigenvalue weighted by atomic mass is 16.5. The summed E-state index contributed by atoms with van der Waals surface area (Å²) < 4.78 is 5.92. The third-order valence-electron chi connectivity index (χ3n) is 1.31. The number of methoxy groups -OCH3 is 1. The van der Waals surface area contributed by atoms with Gasteiger partial charge in [-0.3, -0.25) is 0 Å². The third-order valence-corrected chi connectivity index (χ3v) is 1.31. The van der Waals surface area contributed by atoms with Gasteiger partial charge in [-0.15, -0.1) is 11.7 Å². The summed E-state index contributed by atoms with van der Waals surface area (Å²) in [5.41, 5.74) is 0.331. The second-order valence-electron chi connectivity index (χ2n) is 2.08. The molecule has 0 aromatic carbocycles. The lowest BCUT2D eigenvalue weighted by Gasteiger charge is -1.99. The molecule has 0 unspecified atom stereocenters. The summed E-state index contributed by atoms with van der Waals surface area (Å²) in [5.74, 6) is -0.443. The van der Waals surface area contributed by atoms with E-state index in [9.17, 15) is 4.79 Å². The van der Waals surface area contributed by atoms with Crippen LogP contribution in [0.2, 0.25) is 0 Å². The predicted octanol–water partition coefficient (Wildman–Crippen LogP) is 0.251. The van der Waals surface area contributed by atoms with Crippen LogP contribution < -0.4 is 0 Å². The van der Waals surface area contributed by atoms with Crippen LogP contribution in [0.25, 0.3) is 0 Å². The van der Waals surface area contributed by atoms with Crippen LogP contribution in [0.3, 0.4) is 0 Å². The number of aromatic nitrogens is 3. The van der Waals surface area contributed by atoms with Crippen molar-refractivity contribution >= 4 is 5.97 Å². The molecule has 0 spiro atoms. The first-order valence-corrected chi connectivity index (χ1v) is 3.37. The number of ether oxygens (including phenoxy) is 1. The molecule has 1 aromatic heterocycles. The maximum atomic E-state index is 11.0. The van der Waals surface area contributed by atoms with Gasteiger partial charge in [-0.25, -0.2) is 9.48 Å². The average Bonchev–Trinajstić information content (AvgIpc) is 2.52. The second-order valence-corrected chi connectivity index (χ2v) is 2.08. The minimum atomic E-state index is -0.443. The lowest BCUT2D eigenvalue weighted by Crippen LogP contribution is -2.10. The van der Waals surface area contributed by atoms with E-state index in [0.717, 1.165) is 0 Å². The molecule has 0 amide bonds. The van der Waals surface area contributed by atoms with Crippen molar-refractivity contribution in [3.63, 3.8) is 0 Å². The first kappa shape index (κ1) is 8.45. The summed E-state index contributed by atoms with van der Waals surface area (Å²) >= 11 is 0. The van der Waals surface area contributed by atoms with Crippen LogP contribution in [0.15, 0.2) is 18.9 Å². The molecule has 0 radical (unpaired) electrons. The Morgan fingerprint density at radius 1 is 1.92 bits per heavy atom. The number of hydrogen-bond acceptors (Lipinski definition) is 4. The minimum absolute atomic E-state index is 0.331. The maximum absolute atomic E-state index is 11.0. The van der Waals surface area contributed by atoms with Gasteiger partial charge in [0.25, 0.3) is 0 Å². The summed E-state index contributed by atoms with van der Waals surface area (Å²) in [7, 11) is 1.31. The molecule has 1 heterocycles. The van der Waals surface area contributed by atoms with Crippen molar-refractivity contribution < 1.29 is 9.53 Å². The molecule has 12 heavy (non-hydrogen) atoms. The van der Waals surface area contributed by atoms with E-state index in [1.807, 2.05) is 0 Å². The highest BCUT2D eigenvalue weighted by Crippen LogP contribution is 1.98. The van der Waals surface area contributed by atoms with Gasteiger partial charge < -0.3 is 4.74 Å². The summed E-state index contributed by atoms with van der Waals surface area (Å²) in [4.78, 5) is 11.0. The Kier molecular flexibility index (Phi) is 2.57. The standard InChI is InChI=1S/C7H9N3O2/c1-3-4-10-6(5-8-9-10)7(11)12-2/h3,5H,1,4H2,2H3. The van der Waals surface area contributed by atoms with Crippen LogP contribution in [0.1, 0.15) is 10.5 Å². The third kappa shape index (κ3) is 1.50. The Morgan fingerprint density at radius 2 is 2.67 bits per heavy atom. The Bertz CT molecular complexity index is 293. The van der Waals surface area contributed by atoms with Crippen LogP contribution >= 0.6 is 0 Å². The number of rotatable bonds is 3. The molecule has 0 aliphatic heterocycles. The molecule has 0 aliphatic rings. The van der Waals surface area contributed by atoms with Gasteiger partial charge >= 0.3 is 5.97 Å². The van der Waals surface area contributed by atoms with Crippen molar-refractivity contribution in [2.24, 2.45) is 0 Å². The van der Waals surface area contributed by atoms with Crippen LogP contribution in [0.5, 0.6) is 0 Å². The van der Waals surface area contributed by atoms with E-state index < -0.39 is 5.97 Å². The molecule has 0 N–H and O–H groups in total. The van der Waals surface area contributed by atoms with E-state index in [2.05, 4.69) is 21.6 Å². The normalized spacial score (nSPS) is 9.42. The molecule has 0 atom stereocenters. The average molecular weight is 167 g/mol. The van der Waals surface area contributed by atoms with Crippen molar-refractivity contribution in [2.75, 3.05) is 7.11 Å². The zero-order valence-corrected chi connectivity index (χ0v) is 6.73. The Labute approximate surface area is 69.6 Å². The van der Waals surface area contributed by atoms with Crippen molar-refractivity contribution in [1.82, 2.24) is 15.0 Å². The Hall–Kier alpha value is -1.65. The molecule has 0 saturated heterocycles. The molecule has 1 rings (SSSR count). The van der Waals surface area contributed by atoms with Crippen molar-refractivity contribution in [3.8, 4) is 0 Å². The van der Waals surface area contributed by atoms with Gasteiger partial charge in [0.2, 0.25) is 0 Å². The lowest BCUT2D eigenvalue weighted by atomic mass is 10.4. The molecular weight excluding hydrogens is 158 g/mol. The fourth-order valence-electron chi connectivity index (χ4n) is 0.777. The van der Waals surface area contributed by atoms with E-state index >= 15 is 0 Å². The zero-order valence-electron chi connectivity index (χ0n) is 6.73. The van der Waals surface area contributed by atoms with Crippen LogP contribution in [-0.2, 0) is 11.3 Å². The molecular formula is C7H9N3O2. The van der Waals surface area contributed by atoms with Crippen LogP contribution in [-0.4, -0.2) is 28.1 Å². The largest absolute Gasteiger partial charge is 0.464 e. The van der Waals surface area contributed by atoms with Gasteiger partial charge in [0, 0.05) is 0 Å². The van der Waals surface area contributed by atoms with E-state index in [0.29, 0.717) is 12.2 Å². The van der Waals surface area contributed by atoms with Crippen molar-refractivity contribution in [1.29, 1.82) is 0 Å². The molecule has 64 valence electrons. The van der Waals surface area contributed by atoms with Gasteiger partial charge in [0.05, 0.1) is 19.9 Å². The highest BCUT2D eigenvalue weighted by molar-refractivity contribution is 5.86. The van der Waals surface area contributed by atoms with Crippen molar-refractivity contribution in [3.05, 3.63) is 24.5 Å². The SMILES string of the molecule is C=CCn1nncc1C(=O)OC. The summed E-state index contributed by atoms with van der Waals surface area (Å²) in [6.07, 6.45) is 2.98. The molecule has 5 heteroatoms. The van der Waals surface area contributed by atoms with Gasteiger partial charge in [-0.05, 0) is 0 Å². The van der Waals surface area contributed by atoms with Gasteiger partial charge in [-0.1, -0.05) is 11.3 Å². The topological polar surface area (TPSA) is 57.0 Å². The Balaban J connectivity index is 2.90. The molecule has 0 aliphatic carbocycles. The van der Waals surface area contributed by atoms with Gasteiger partial charge in [-0.2, -0.15) is 0 Å². The Morgan fingerprint density at radius 3 is 3.25 bits per heavy atom. The number of esters is 1. The quantitative estimate of drug-likeness (QED) is 0.478. The molecule has 1 aromatic rings. The second kappa shape index (κ2) is 3.66. The highest BCUT2D eigenvalue weighted by Gasteiger charge is 2.11. The van der Waals surface area contributed by atoms with E-state index in [-0.39, 0.29) is 0 Å². The number of carbonyl (C=O) groups excluding carboxylic acids is 1. The predicted molar refractivity (Wildman–Crippen MR) is 41.6 cm³/mol. The number of hydrogen-bond donors (Lipinski definition) is 0. The summed E-state index contributed by atoms with van der Waals surface area (Å²) in [5, 5.41) is 7.24. The summed E-state index contributed by atoms with van der Waals surface area (Å²) in [6, 6.07) is 0. The fourth-order valence-corrected chi connectivity index (χ4v) is 0.777. The summed E-state index contributed by atoms with van der Waals surface area (Å²) in [6.45, 7) is 3.97. The van der Waals surface area contributed by atoms with E-state index in [1.54, 1.807) is 6.08 Å². The number of nitrogens with zero attached hydrogens (tertiary/aromatic N) is 3. The molecule has 0 fully saturated rings. The number of allylic oxidation sites excluding steroid dienone is 1. The monoisotopic (exact) mass is 167 g/mol. The smallest absolute Gasteiger partial charge is 0.358 e. The van der Waals surface area contributed by atoms with Gasteiger partial charge in [0.15, 0.2) is 5.69 Å². The molecule has 0 bridgehead atoms. The maximum Gasteiger partial charge on any atom is 0.358 e. The minimum Gasteiger partial charge on any atom is -0.464 e. The van der Waals surface area contributed by atoms with Crippen LogP contribution in [0, 0.1) is 0 Å². The molecule has 5 nitrogen and oxygen atoms in total. The van der Waals surface area contributed by atoms with E-state index in [4.69, 9.17) is 0 Å². The van der Waals surface area contributed by atoms with Gasteiger partial charge in [0.1, 0.15) is 0 Å². The van der Waals surface area contributed by atoms with E-state index in [1.165, 1.54) is 18.0 Å². The first-order valence-electron chi connectivity index (χ1n) is 3.37. The first-order chi connectivity index (χ1) is 5.79. The zero-order chi connectivity index (χ0) is 8.97. The lowest BCUT2D eigenvalue weighted by molar-refractivity contribution is 0.0587. The number of carbonyl (C=O) groups is 1.